The van der Waals surface area contributed by atoms with Gasteiger partial charge < -0.3 is 9.84 Å². The van der Waals surface area contributed by atoms with E-state index in [-0.39, 0.29) is 6.10 Å². The van der Waals surface area contributed by atoms with Crippen molar-refractivity contribution in [2.24, 2.45) is 5.92 Å². The zero-order chi connectivity index (χ0) is 12.3. The maximum absolute atomic E-state index is 10.1. The van der Waals surface area contributed by atoms with E-state index in [0.717, 1.165) is 44.0 Å². The first kappa shape index (κ1) is 12.6. The van der Waals surface area contributed by atoms with Crippen molar-refractivity contribution in [1.82, 2.24) is 9.78 Å². The molecule has 2 atom stereocenters. The van der Waals surface area contributed by atoms with Crippen LogP contribution in [0.3, 0.4) is 0 Å². The largest absolute Gasteiger partial charge is 0.393 e. The fraction of sp³-hybridized carbons (Fsp3) is 0.769. The molecule has 1 aliphatic rings. The van der Waals surface area contributed by atoms with Gasteiger partial charge >= 0.3 is 0 Å². The zero-order valence-electron chi connectivity index (χ0n) is 10.7. The second-order valence-electron chi connectivity index (χ2n) is 4.92. The lowest BCUT2D eigenvalue weighted by Crippen LogP contribution is -2.18. The molecule has 1 N–H and O–H groups in total. The van der Waals surface area contributed by atoms with Gasteiger partial charge in [-0.3, -0.25) is 4.68 Å². The number of ether oxygens (including phenoxy) is 1. The monoisotopic (exact) mass is 238 g/mol. The van der Waals surface area contributed by atoms with E-state index in [9.17, 15) is 5.11 Å². The van der Waals surface area contributed by atoms with Gasteiger partial charge in [-0.15, -0.1) is 0 Å². The lowest BCUT2D eigenvalue weighted by Gasteiger charge is -2.14. The zero-order valence-corrected chi connectivity index (χ0v) is 10.7. The van der Waals surface area contributed by atoms with E-state index < -0.39 is 0 Å². The molecule has 2 unspecified atom stereocenters. The van der Waals surface area contributed by atoms with Crippen molar-refractivity contribution in [1.29, 1.82) is 0 Å². The number of hydrogen-bond donors (Lipinski definition) is 1. The lowest BCUT2D eigenvalue weighted by molar-refractivity contribution is 0.127. The van der Waals surface area contributed by atoms with Gasteiger partial charge in [-0.1, -0.05) is 0 Å². The van der Waals surface area contributed by atoms with E-state index in [1.807, 2.05) is 11.6 Å². The predicted octanol–water partition coefficient (Wildman–Crippen LogP) is 1.54. The van der Waals surface area contributed by atoms with Crippen molar-refractivity contribution >= 4 is 0 Å². The van der Waals surface area contributed by atoms with Gasteiger partial charge in [0.05, 0.1) is 11.8 Å². The molecule has 1 aromatic heterocycles. The number of hydrogen-bond acceptors (Lipinski definition) is 3. The van der Waals surface area contributed by atoms with Gasteiger partial charge in [-0.25, -0.2) is 0 Å². The van der Waals surface area contributed by atoms with Crippen molar-refractivity contribution < 1.29 is 9.84 Å². The van der Waals surface area contributed by atoms with E-state index in [4.69, 9.17) is 4.74 Å². The van der Waals surface area contributed by atoms with Crippen LogP contribution >= 0.6 is 0 Å². The number of nitrogens with zero attached hydrogens (tertiary/aromatic N) is 2. The SMILES string of the molecule is CCn1nc(C)cc1CC(O)CC1CCOC1. The van der Waals surface area contributed by atoms with Crippen LogP contribution in [0, 0.1) is 12.8 Å². The molecule has 1 fully saturated rings. The number of aliphatic hydroxyl groups excluding tert-OH is 1. The Balaban J connectivity index is 1.90. The maximum Gasteiger partial charge on any atom is 0.0599 e. The van der Waals surface area contributed by atoms with E-state index in [0.29, 0.717) is 12.3 Å². The summed E-state index contributed by atoms with van der Waals surface area (Å²) < 4.78 is 7.30. The van der Waals surface area contributed by atoms with Crippen molar-refractivity contribution in [3.8, 4) is 0 Å². The minimum absolute atomic E-state index is 0.275. The number of rotatable bonds is 5. The second-order valence-corrected chi connectivity index (χ2v) is 4.92. The van der Waals surface area contributed by atoms with Crippen molar-refractivity contribution in [2.75, 3.05) is 13.2 Å². The van der Waals surface area contributed by atoms with E-state index in [1.54, 1.807) is 0 Å². The highest BCUT2D eigenvalue weighted by Crippen LogP contribution is 2.20. The van der Waals surface area contributed by atoms with Crippen LogP contribution in [0.4, 0.5) is 0 Å². The molecule has 4 nitrogen and oxygen atoms in total. The maximum atomic E-state index is 10.1. The van der Waals surface area contributed by atoms with Crippen molar-refractivity contribution in [3.05, 3.63) is 17.5 Å². The van der Waals surface area contributed by atoms with Crippen molar-refractivity contribution in [2.45, 2.75) is 45.8 Å². The standard InChI is InChI=1S/C13H22N2O2/c1-3-15-12(6-10(2)14-15)8-13(16)7-11-4-5-17-9-11/h6,11,13,16H,3-5,7-9H2,1-2H3. The Hall–Kier alpha value is -0.870. The Labute approximate surface area is 103 Å². The summed E-state index contributed by atoms with van der Waals surface area (Å²) in [6.07, 6.45) is 2.35. The molecule has 0 bridgehead atoms. The van der Waals surface area contributed by atoms with E-state index in [2.05, 4.69) is 18.1 Å². The molecule has 96 valence electrons. The highest BCUT2D eigenvalue weighted by molar-refractivity contribution is 5.10. The Morgan fingerprint density at radius 1 is 1.65 bits per heavy atom. The quantitative estimate of drug-likeness (QED) is 0.846. The van der Waals surface area contributed by atoms with Gasteiger partial charge in [-0.05, 0) is 38.7 Å². The first-order chi connectivity index (χ1) is 8.19. The van der Waals surface area contributed by atoms with Gasteiger partial charge in [0, 0.05) is 31.9 Å². The van der Waals surface area contributed by atoms with Crippen LogP contribution < -0.4 is 0 Å². The summed E-state index contributed by atoms with van der Waals surface area (Å²) in [5.41, 5.74) is 2.16. The summed E-state index contributed by atoms with van der Waals surface area (Å²) in [5, 5.41) is 14.5. The Kier molecular flexibility index (Phi) is 4.18. The van der Waals surface area contributed by atoms with E-state index in [1.165, 1.54) is 0 Å². The Morgan fingerprint density at radius 3 is 3.12 bits per heavy atom. The molecule has 0 aromatic carbocycles. The molecule has 2 heterocycles. The highest BCUT2D eigenvalue weighted by atomic mass is 16.5. The molecule has 17 heavy (non-hydrogen) atoms. The third-order valence-electron chi connectivity index (χ3n) is 3.36. The first-order valence-electron chi connectivity index (χ1n) is 6.48. The molecule has 2 rings (SSSR count). The van der Waals surface area contributed by atoms with Crippen LogP contribution in [-0.2, 0) is 17.7 Å². The predicted molar refractivity (Wildman–Crippen MR) is 65.9 cm³/mol. The van der Waals surface area contributed by atoms with Crippen LogP contribution in [0.5, 0.6) is 0 Å². The molecule has 1 saturated heterocycles. The van der Waals surface area contributed by atoms with Gasteiger partial charge in [0.1, 0.15) is 0 Å². The van der Waals surface area contributed by atoms with E-state index >= 15 is 0 Å². The molecular formula is C13H22N2O2. The molecule has 1 aromatic rings. The molecule has 0 aliphatic carbocycles. The van der Waals surface area contributed by atoms with Crippen molar-refractivity contribution in [3.63, 3.8) is 0 Å². The second kappa shape index (κ2) is 5.65. The molecule has 0 saturated carbocycles. The summed E-state index contributed by atoms with van der Waals surface area (Å²) in [5.74, 6) is 0.532. The van der Waals surface area contributed by atoms with Crippen LogP contribution in [0.25, 0.3) is 0 Å². The van der Waals surface area contributed by atoms with Gasteiger partial charge in [-0.2, -0.15) is 5.10 Å². The number of aromatic nitrogens is 2. The summed E-state index contributed by atoms with van der Waals surface area (Å²) in [7, 11) is 0. The molecular weight excluding hydrogens is 216 g/mol. The highest BCUT2D eigenvalue weighted by Gasteiger charge is 2.20. The topological polar surface area (TPSA) is 47.3 Å². The minimum Gasteiger partial charge on any atom is -0.393 e. The average molecular weight is 238 g/mol. The normalized spacial score (nSPS) is 21.9. The summed E-state index contributed by atoms with van der Waals surface area (Å²) in [4.78, 5) is 0. The third kappa shape index (κ3) is 3.30. The third-order valence-corrected chi connectivity index (χ3v) is 3.36. The molecule has 1 aliphatic heterocycles. The summed E-state index contributed by atoms with van der Waals surface area (Å²) in [6.45, 7) is 6.59. The van der Waals surface area contributed by atoms with Gasteiger partial charge in [0.25, 0.3) is 0 Å². The molecule has 4 heteroatoms. The van der Waals surface area contributed by atoms with Gasteiger partial charge in [0.2, 0.25) is 0 Å². The van der Waals surface area contributed by atoms with Crippen LogP contribution in [0.2, 0.25) is 0 Å². The lowest BCUT2D eigenvalue weighted by atomic mass is 9.98. The minimum atomic E-state index is -0.275. The molecule has 0 spiro atoms. The molecule has 0 radical (unpaired) electrons. The van der Waals surface area contributed by atoms with Crippen LogP contribution in [0.1, 0.15) is 31.2 Å². The smallest absolute Gasteiger partial charge is 0.0599 e. The molecule has 0 amide bonds. The average Bonchev–Trinajstić information content (AvgIpc) is 2.88. The Morgan fingerprint density at radius 2 is 2.47 bits per heavy atom. The number of aryl methyl sites for hydroxylation is 2. The van der Waals surface area contributed by atoms with Crippen LogP contribution in [-0.4, -0.2) is 34.2 Å². The van der Waals surface area contributed by atoms with Crippen LogP contribution in [0.15, 0.2) is 6.07 Å². The fourth-order valence-electron chi connectivity index (χ4n) is 2.52. The Bertz CT molecular complexity index is 356. The first-order valence-corrected chi connectivity index (χ1v) is 6.48. The fourth-order valence-corrected chi connectivity index (χ4v) is 2.52. The number of aliphatic hydroxyl groups is 1. The van der Waals surface area contributed by atoms with Gasteiger partial charge in [0.15, 0.2) is 0 Å². The summed E-state index contributed by atoms with van der Waals surface area (Å²) in [6, 6.07) is 2.07. The summed E-state index contributed by atoms with van der Waals surface area (Å²) >= 11 is 0.